The van der Waals surface area contributed by atoms with Crippen LogP contribution in [0.3, 0.4) is 0 Å². The molecule has 2 aliphatic rings. The van der Waals surface area contributed by atoms with Gasteiger partial charge in [-0.25, -0.2) is 17.8 Å². The predicted molar refractivity (Wildman–Crippen MR) is 111 cm³/mol. The molecule has 4 rings (SSSR count). The Hall–Kier alpha value is -2.55. The number of aryl methyl sites for hydroxylation is 1. The van der Waals surface area contributed by atoms with Crippen molar-refractivity contribution >= 4 is 21.6 Å². The molecule has 2 saturated heterocycles. The van der Waals surface area contributed by atoms with Crippen molar-refractivity contribution < 1.29 is 17.6 Å². The van der Waals surface area contributed by atoms with Gasteiger partial charge < -0.3 is 9.80 Å². The van der Waals surface area contributed by atoms with E-state index >= 15 is 0 Å². The van der Waals surface area contributed by atoms with Gasteiger partial charge in [0.05, 0.1) is 35.6 Å². The smallest absolute Gasteiger partial charge is 0.226 e. The molecule has 9 heteroatoms. The minimum atomic E-state index is -3.05. The zero-order chi connectivity index (χ0) is 21.3. The Balaban J connectivity index is 1.60. The molecular formula is C21H25FN4O3S. The summed E-state index contributed by atoms with van der Waals surface area (Å²) in [6.07, 6.45) is 4.04. The highest BCUT2D eigenvalue weighted by molar-refractivity contribution is 7.91. The van der Waals surface area contributed by atoms with Crippen LogP contribution in [0.1, 0.15) is 30.1 Å². The number of halogens is 1. The van der Waals surface area contributed by atoms with Crippen molar-refractivity contribution in [1.82, 2.24) is 14.9 Å². The van der Waals surface area contributed by atoms with E-state index in [-0.39, 0.29) is 29.1 Å². The van der Waals surface area contributed by atoms with Gasteiger partial charge in [0.1, 0.15) is 21.5 Å². The van der Waals surface area contributed by atoms with Crippen LogP contribution in [0, 0.1) is 18.7 Å². The lowest BCUT2D eigenvalue weighted by Crippen LogP contribution is -2.53. The first-order chi connectivity index (χ1) is 14.3. The molecule has 0 saturated carbocycles. The Labute approximate surface area is 175 Å². The second-order valence-corrected chi connectivity index (χ2v) is 10.3. The molecule has 1 atom stereocenters. The standard InChI is InChI=1S/C21H25FN4O3S/c1-15-12-24-20(13-23-15)25-8-9-26(19(14-25)17-4-2-3-5-18(17)22)21(27)16-6-10-30(28,29)11-7-16/h2-5,12-13,16,19H,6-11,14H2,1H3. The van der Waals surface area contributed by atoms with Crippen LogP contribution >= 0.6 is 0 Å². The number of aromatic nitrogens is 2. The molecule has 0 spiro atoms. The normalized spacial score (nSPS) is 22.1. The molecule has 0 radical (unpaired) electrons. The summed E-state index contributed by atoms with van der Waals surface area (Å²) in [5.41, 5.74) is 1.27. The number of anilines is 1. The van der Waals surface area contributed by atoms with E-state index in [0.29, 0.717) is 43.9 Å². The van der Waals surface area contributed by atoms with Crippen LogP contribution < -0.4 is 4.90 Å². The number of benzene rings is 1. The average Bonchev–Trinajstić information content (AvgIpc) is 2.74. The van der Waals surface area contributed by atoms with Crippen molar-refractivity contribution in [1.29, 1.82) is 0 Å². The first-order valence-corrected chi connectivity index (χ1v) is 11.9. The maximum Gasteiger partial charge on any atom is 0.226 e. The molecule has 160 valence electrons. The Kier molecular flexibility index (Phi) is 5.73. The van der Waals surface area contributed by atoms with Crippen molar-refractivity contribution in [3.8, 4) is 0 Å². The zero-order valence-corrected chi connectivity index (χ0v) is 17.7. The fourth-order valence-corrected chi connectivity index (χ4v) is 5.68. The quantitative estimate of drug-likeness (QED) is 0.739. The maximum absolute atomic E-state index is 14.7. The molecule has 1 amide bonds. The lowest BCUT2D eigenvalue weighted by Gasteiger charge is -2.43. The van der Waals surface area contributed by atoms with Gasteiger partial charge in [-0.15, -0.1) is 0 Å². The van der Waals surface area contributed by atoms with Crippen LogP contribution in [0.5, 0.6) is 0 Å². The van der Waals surface area contributed by atoms with E-state index in [1.54, 1.807) is 35.5 Å². The largest absolute Gasteiger partial charge is 0.351 e. The molecule has 0 aliphatic carbocycles. The summed E-state index contributed by atoms with van der Waals surface area (Å²) in [4.78, 5) is 25.8. The third kappa shape index (κ3) is 4.30. The summed E-state index contributed by atoms with van der Waals surface area (Å²) in [5.74, 6) is -0.0261. The number of rotatable bonds is 3. The van der Waals surface area contributed by atoms with Gasteiger partial charge in [-0.1, -0.05) is 18.2 Å². The Bertz CT molecular complexity index is 1010. The molecule has 2 aromatic rings. The molecule has 1 aromatic carbocycles. The molecule has 2 fully saturated rings. The van der Waals surface area contributed by atoms with Gasteiger partial charge in [0, 0.05) is 31.1 Å². The molecule has 0 bridgehead atoms. The van der Waals surface area contributed by atoms with Crippen LogP contribution in [-0.2, 0) is 14.6 Å². The van der Waals surface area contributed by atoms with Crippen LogP contribution in [0.4, 0.5) is 10.2 Å². The van der Waals surface area contributed by atoms with E-state index in [9.17, 15) is 17.6 Å². The van der Waals surface area contributed by atoms with Crippen molar-refractivity contribution in [2.45, 2.75) is 25.8 Å². The first-order valence-electron chi connectivity index (χ1n) is 10.1. The highest BCUT2D eigenvalue weighted by Gasteiger charge is 2.38. The first kappa shape index (κ1) is 20.7. The van der Waals surface area contributed by atoms with Crippen LogP contribution in [0.2, 0.25) is 0 Å². The van der Waals surface area contributed by atoms with Gasteiger partial charge in [-0.05, 0) is 25.8 Å². The van der Waals surface area contributed by atoms with Crippen molar-refractivity contribution in [2.24, 2.45) is 5.92 Å². The molecule has 30 heavy (non-hydrogen) atoms. The number of piperazine rings is 1. The van der Waals surface area contributed by atoms with E-state index in [4.69, 9.17) is 0 Å². The molecule has 1 aromatic heterocycles. The molecular weight excluding hydrogens is 407 g/mol. The van der Waals surface area contributed by atoms with E-state index in [0.717, 1.165) is 5.69 Å². The minimum Gasteiger partial charge on any atom is -0.351 e. The monoisotopic (exact) mass is 432 g/mol. The number of carbonyl (C=O) groups excluding carboxylic acids is 1. The topological polar surface area (TPSA) is 83.5 Å². The summed E-state index contributed by atoms with van der Waals surface area (Å²) >= 11 is 0. The highest BCUT2D eigenvalue weighted by atomic mass is 32.2. The van der Waals surface area contributed by atoms with Crippen LogP contribution in [0.25, 0.3) is 0 Å². The molecule has 0 N–H and O–H groups in total. The van der Waals surface area contributed by atoms with Crippen molar-refractivity contribution in [3.05, 3.63) is 53.7 Å². The molecule has 1 unspecified atom stereocenters. The number of hydrogen-bond acceptors (Lipinski definition) is 6. The summed E-state index contributed by atoms with van der Waals surface area (Å²) < 4.78 is 38.2. The fraction of sp³-hybridized carbons (Fsp3) is 0.476. The van der Waals surface area contributed by atoms with Crippen LogP contribution in [0.15, 0.2) is 36.7 Å². The lowest BCUT2D eigenvalue weighted by atomic mass is 9.96. The molecule has 7 nitrogen and oxygen atoms in total. The van der Waals surface area contributed by atoms with E-state index in [1.807, 2.05) is 11.8 Å². The van der Waals surface area contributed by atoms with Gasteiger partial charge in [0.25, 0.3) is 0 Å². The van der Waals surface area contributed by atoms with Gasteiger partial charge in [-0.2, -0.15) is 0 Å². The number of amides is 1. The zero-order valence-electron chi connectivity index (χ0n) is 16.9. The number of hydrogen-bond donors (Lipinski definition) is 0. The van der Waals surface area contributed by atoms with E-state index in [1.165, 1.54) is 6.07 Å². The summed E-state index contributed by atoms with van der Waals surface area (Å²) in [6.45, 7) is 3.23. The number of nitrogens with zero attached hydrogens (tertiary/aromatic N) is 4. The number of sulfone groups is 1. The Morgan fingerprint density at radius 1 is 1.10 bits per heavy atom. The third-order valence-electron chi connectivity index (χ3n) is 5.92. The molecule has 2 aliphatic heterocycles. The van der Waals surface area contributed by atoms with Gasteiger partial charge in [0.2, 0.25) is 5.91 Å². The lowest BCUT2D eigenvalue weighted by molar-refractivity contribution is -0.138. The fourth-order valence-electron chi connectivity index (χ4n) is 4.19. The van der Waals surface area contributed by atoms with Crippen molar-refractivity contribution in [2.75, 3.05) is 36.0 Å². The SMILES string of the molecule is Cc1cnc(N2CCN(C(=O)C3CCS(=O)(=O)CC3)C(c3ccccc3F)C2)cn1. The second-order valence-electron chi connectivity index (χ2n) is 7.96. The predicted octanol–water partition coefficient (Wildman–Crippen LogP) is 2.14. The second kappa shape index (κ2) is 8.29. The Morgan fingerprint density at radius 3 is 2.50 bits per heavy atom. The van der Waals surface area contributed by atoms with Gasteiger partial charge in [-0.3, -0.25) is 9.78 Å². The third-order valence-corrected chi connectivity index (χ3v) is 7.64. The maximum atomic E-state index is 14.7. The van der Waals surface area contributed by atoms with E-state index < -0.39 is 15.9 Å². The minimum absolute atomic E-state index is 0.0344. The van der Waals surface area contributed by atoms with Crippen LogP contribution in [-0.4, -0.2) is 60.3 Å². The Morgan fingerprint density at radius 2 is 1.83 bits per heavy atom. The summed E-state index contributed by atoms with van der Waals surface area (Å²) in [6, 6.07) is 6.02. The highest BCUT2D eigenvalue weighted by Crippen LogP contribution is 2.32. The summed E-state index contributed by atoms with van der Waals surface area (Å²) in [7, 11) is -3.05. The van der Waals surface area contributed by atoms with E-state index in [2.05, 4.69) is 9.97 Å². The van der Waals surface area contributed by atoms with Crippen molar-refractivity contribution in [3.63, 3.8) is 0 Å². The van der Waals surface area contributed by atoms with Gasteiger partial charge in [0.15, 0.2) is 0 Å². The average molecular weight is 433 g/mol. The molecule has 3 heterocycles. The summed E-state index contributed by atoms with van der Waals surface area (Å²) in [5, 5.41) is 0. The van der Waals surface area contributed by atoms with Gasteiger partial charge >= 0.3 is 0 Å². The number of carbonyl (C=O) groups is 1.